The monoisotopic (exact) mass is 306 g/mol. The zero-order valence-corrected chi connectivity index (χ0v) is 14.1. The highest BCUT2D eigenvalue weighted by Gasteiger charge is 2.33. The number of carbonyl (C=O) groups excluding carboxylic acids is 2. The second-order valence-corrected chi connectivity index (χ2v) is 7.18. The standard InChI is InChI=1S/C19H30O3/c1-4-18(22-19(21)13(2)3)16-7-5-14(6-8-16)15-9-11-17(20)12-10-15/h14-16,18H,2,4-12H2,1,3H3. The molecule has 124 valence electrons. The average molecular weight is 306 g/mol. The van der Waals surface area contributed by atoms with E-state index in [0.717, 1.165) is 56.8 Å². The van der Waals surface area contributed by atoms with E-state index in [1.165, 1.54) is 12.8 Å². The molecule has 0 aliphatic heterocycles. The predicted molar refractivity (Wildman–Crippen MR) is 87.4 cm³/mol. The Labute approximate surface area is 134 Å². The summed E-state index contributed by atoms with van der Waals surface area (Å²) < 4.78 is 5.61. The van der Waals surface area contributed by atoms with Crippen LogP contribution in [0.3, 0.4) is 0 Å². The van der Waals surface area contributed by atoms with Gasteiger partial charge in [-0.05, 0) is 69.6 Å². The number of hydrogen-bond acceptors (Lipinski definition) is 3. The lowest BCUT2D eigenvalue weighted by atomic mass is 9.70. The Morgan fingerprint density at radius 2 is 1.68 bits per heavy atom. The zero-order chi connectivity index (χ0) is 16.1. The molecule has 0 amide bonds. The second-order valence-electron chi connectivity index (χ2n) is 7.18. The van der Waals surface area contributed by atoms with Gasteiger partial charge in [0.05, 0.1) is 0 Å². The third-order valence-electron chi connectivity index (χ3n) is 5.61. The molecule has 0 spiro atoms. The van der Waals surface area contributed by atoms with Gasteiger partial charge in [-0.25, -0.2) is 4.79 Å². The molecule has 0 saturated heterocycles. The van der Waals surface area contributed by atoms with Gasteiger partial charge in [-0.1, -0.05) is 13.5 Å². The van der Waals surface area contributed by atoms with Crippen LogP contribution in [0.15, 0.2) is 12.2 Å². The van der Waals surface area contributed by atoms with Crippen molar-refractivity contribution in [1.29, 1.82) is 0 Å². The Kier molecular flexibility index (Phi) is 6.22. The SMILES string of the molecule is C=C(C)C(=O)OC(CC)C1CCC(C2CCC(=O)CC2)CC1. The Morgan fingerprint density at radius 1 is 1.14 bits per heavy atom. The topological polar surface area (TPSA) is 43.4 Å². The normalized spacial score (nSPS) is 28.2. The first-order valence-corrected chi connectivity index (χ1v) is 8.89. The Morgan fingerprint density at radius 3 is 2.18 bits per heavy atom. The van der Waals surface area contributed by atoms with Crippen LogP contribution in [0.4, 0.5) is 0 Å². The summed E-state index contributed by atoms with van der Waals surface area (Å²) in [6, 6.07) is 0. The first kappa shape index (κ1) is 17.2. The quantitative estimate of drug-likeness (QED) is 0.556. The zero-order valence-electron chi connectivity index (χ0n) is 14.1. The van der Waals surface area contributed by atoms with E-state index in [0.29, 0.717) is 17.3 Å². The highest BCUT2D eigenvalue weighted by Crippen LogP contribution is 2.41. The minimum Gasteiger partial charge on any atom is -0.459 e. The van der Waals surface area contributed by atoms with Crippen LogP contribution in [0, 0.1) is 17.8 Å². The summed E-state index contributed by atoms with van der Waals surface area (Å²) in [5.41, 5.74) is 0.485. The molecule has 0 heterocycles. The highest BCUT2D eigenvalue weighted by atomic mass is 16.5. The predicted octanol–water partition coefficient (Wildman–Crippen LogP) is 4.45. The summed E-state index contributed by atoms with van der Waals surface area (Å²) in [5, 5.41) is 0. The van der Waals surface area contributed by atoms with Crippen molar-refractivity contribution in [3.05, 3.63) is 12.2 Å². The fraction of sp³-hybridized carbons (Fsp3) is 0.789. The molecule has 0 aromatic heterocycles. The molecule has 2 aliphatic carbocycles. The van der Waals surface area contributed by atoms with Gasteiger partial charge in [0.25, 0.3) is 0 Å². The minimum absolute atomic E-state index is 0.0399. The summed E-state index contributed by atoms with van der Waals surface area (Å²) >= 11 is 0. The number of carbonyl (C=O) groups is 2. The fourth-order valence-corrected chi connectivity index (χ4v) is 4.17. The van der Waals surface area contributed by atoms with Crippen LogP contribution < -0.4 is 0 Å². The molecule has 22 heavy (non-hydrogen) atoms. The van der Waals surface area contributed by atoms with Gasteiger partial charge in [-0.3, -0.25) is 4.79 Å². The molecule has 2 aliphatic rings. The van der Waals surface area contributed by atoms with Gasteiger partial charge in [0.1, 0.15) is 11.9 Å². The Bertz CT molecular complexity index is 408. The molecule has 3 nitrogen and oxygen atoms in total. The average Bonchev–Trinajstić information content (AvgIpc) is 2.53. The van der Waals surface area contributed by atoms with Crippen LogP contribution in [0.1, 0.15) is 71.6 Å². The van der Waals surface area contributed by atoms with Crippen molar-refractivity contribution in [3.8, 4) is 0 Å². The molecule has 2 fully saturated rings. The van der Waals surface area contributed by atoms with Crippen molar-refractivity contribution in [2.24, 2.45) is 17.8 Å². The van der Waals surface area contributed by atoms with Gasteiger partial charge >= 0.3 is 5.97 Å². The lowest BCUT2D eigenvalue weighted by Gasteiger charge is -2.37. The van der Waals surface area contributed by atoms with Gasteiger partial charge < -0.3 is 4.74 Å². The van der Waals surface area contributed by atoms with E-state index in [1.54, 1.807) is 6.92 Å². The molecule has 3 heteroatoms. The van der Waals surface area contributed by atoms with Crippen LogP contribution >= 0.6 is 0 Å². The largest absolute Gasteiger partial charge is 0.459 e. The molecule has 1 unspecified atom stereocenters. The minimum atomic E-state index is -0.250. The van der Waals surface area contributed by atoms with Crippen molar-refractivity contribution in [2.75, 3.05) is 0 Å². The van der Waals surface area contributed by atoms with Crippen LogP contribution in [-0.4, -0.2) is 17.9 Å². The molecule has 2 saturated carbocycles. The highest BCUT2D eigenvalue weighted by molar-refractivity contribution is 5.87. The number of rotatable bonds is 5. The molecule has 0 radical (unpaired) electrons. The smallest absolute Gasteiger partial charge is 0.333 e. The van der Waals surface area contributed by atoms with E-state index in [2.05, 4.69) is 13.5 Å². The number of esters is 1. The van der Waals surface area contributed by atoms with Gasteiger partial charge in [-0.2, -0.15) is 0 Å². The van der Waals surface area contributed by atoms with Gasteiger partial charge in [0, 0.05) is 18.4 Å². The van der Waals surface area contributed by atoms with Crippen molar-refractivity contribution in [2.45, 2.75) is 77.7 Å². The summed E-state index contributed by atoms with van der Waals surface area (Å²) in [6.07, 6.45) is 9.44. The first-order valence-electron chi connectivity index (χ1n) is 8.89. The van der Waals surface area contributed by atoms with E-state index >= 15 is 0 Å². The van der Waals surface area contributed by atoms with Gasteiger partial charge in [0.2, 0.25) is 0 Å². The van der Waals surface area contributed by atoms with Crippen LogP contribution in [0.2, 0.25) is 0 Å². The van der Waals surface area contributed by atoms with Crippen LogP contribution in [0.25, 0.3) is 0 Å². The lowest BCUT2D eigenvalue weighted by Crippen LogP contribution is -2.32. The van der Waals surface area contributed by atoms with Crippen molar-refractivity contribution in [1.82, 2.24) is 0 Å². The fourth-order valence-electron chi connectivity index (χ4n) is 4.17. The molecular formula is C19H30O3. The maximum atomic E-state index is 11.7. The molecule has 0 aromatic carbocycles. The van der Waals surface area contributed by atoms with Crippen molar-refractivity contribution >= 4 is 11.8 Å². The van der Waals surface area contributed by atoms with Gasteiger partial charge in [0.15, 0.2) is 0 Å². The third kappa shape index (κ3) is 4.44. The molecular weight excluding hydrogens is 276 g/mol. The maximum Gasteiger partial charge on any atom is 0.333 e. The van der Waals surface area contributed by atoms with E-state index in [1.807, 2.05) is 0 Å². The van der Waals surface area contributed by atoms with Crippen LogP contribution in [-0.2, 0) is 14.3 Å². The Balaban J connectivity index is 1.81. The second kappa shape index (κ2) is 7.94. The van der Waals surface area contributed by atoms with E-state index in [9.17, 15) is 9.59 Å². The molecule has 0 aromatic rings. The summed E-state index contributed by atoms with van der Waals surface area (Å²) in [5.74, 6) is 2.22. The molecule has 0 N–H and O–H groups in total. The lowest BCUT2D eigenvalue weighted by molar-refractivity contribution is -0.148. The first-order chi connectivity index (χ1) is 10.5. The van der Waals surface area contributed by atoms with E-state index in [-0.39, 0.29) is 12.1 Å². The van der Waals surface area contributed by atoms with E-state index < -0.39 is 0 Å². The van der Waals surface area contributed by atoms with Crippen molar-refractivity contribution in [3.63, 3.8) is 0 Å². The summed E-state index contributed by atoms with van der Waals surface area (Å²) in [6.45, 7) is 7.46. The Hall–Kier alpha value is -1.12. The summed E-state index contributed by atoms with van der Waals surface area (Å²) in [4.78, 5) is 23.1. The van der Waals surface area contributed by atoms with Crippen molar-refractivity contribution < 1.29 is 14.3 Å². The third-order valence-corrected chi connectivity index (χ3v) is 5.61. The van der Waals surface area contributed by atoms with Gasteiger partial charge in [-0.15, -0.1) is 0 Å². The number of Topliss-reactive ketones (excluding diaryl/α,β-unsaturated/α-hetero) is 1. The number of ether oxygens (including phenoxy) is 1. The number of ketones is 1. The summed E-state index contributed by atoms with van der Waals surface area (Å²) in [7, 11) is 0. The van der Waals surface area contributed by atoms with E-state index in [4.69, 9.17) is 4.74 Å². The van der Waals surface area contributed by atoms with Crippen LogP contribution in [0.5, 0.6) is 0 Å². The number of hydrogen-bond donors (Lipinski definition) is 0. The maximum absolute atomic E-state index is 11.7. The molecule has 2 rings (SSSR count). The molecule has 1 atom stereocenters. The molecule has 0 bridgehead atoms.